The van der Waals surface area contributed by atoms with Gasteiger partial charge in [-0.25, -0.2) is 0 Å². The van der Waals surface area contributed by atoms with Crippen molar-refractivity contribution in [1.82, 2.24) is 5.32 Å². The molecule has 0 unspecified atom stereocenters. The summed E-state index contributed by atoms with van der Waals surface area (Å²) >= 11 is 0. The fourth-order valence-electron chi connectivity index (χ4n) is 3.18. The second-order valence-electron chi connectivity index (χ2n) is 5.28. The molecule has 3 rings (SSSR count). The van der Waals surface area contributed by atoms with Crippen LogP contribution in [0.4, 0.5) is 0 Å². The third kappa shape index (κ3) is 2.61. The first-order chi connectivity index (χ1) is 8.31. The average Bonchev–Trinajstić information content (AvgIpc) is 2.92. The molecule has 1 heterocycles. The van der Waals surface area contributed by atoms with Crippen LogP contribution in [0.15, 0.2) is 30.3 Å². The van der Waals surface area contributed by atoms with E-state index in [2.05, 4.69) is 17.4 Å². The van der Waals surface area contributed by atoms with Gasteiger partial charge in [0.1, 0.15) is 0 Å². The minimum absolute atomic E-state index is 0.512. The largest absolute Gasteiger partial charge is 0.310 e. The highest BCUT2D eigenvalue weighted by Crippen LogP contribution is 2.35. The fraction of sp³-hybridized carbons (Fsp3) is 0.571. The molecule has 0 aromatic heterocycles. The molecule has 0 amide bonds. The Labute approximate surface area is 105 Å². The van der Waals surface area contributed by atoms with Gasteiger partial charge in [0, 0.05) is 34.4 Å². The monoisotopic (exact) mass is 249 g/mol. The molecule has 0 spiro atoms. The van der Waals surface area contributed by atoms with Gasteiger partial charge >= 0.3 is 0 Å². The maximum absolute atomic E-state index is 12.1. The summed E-state index contributed by atoms with van der Waals surface area (Å²) in [6.07, 6.45) is 3.98. The van der Waals surface area contributed by atoms with E-state index >= 15 is 0 Å². The average molecular weight is 249 g/mol. The molecule has 1 aliphatic heterocycles. The van der Waals surface area contributed by atoms with Crippen molar-refractivity contribution < 1.29 is 4.21 Å². The molecule has 1 N–H and O–H groups in total. The lowest BCUT2D eigenvalue weighted by atomic mass is 10.0. The molecular weight excluding hydrogens is 230 g/mol. The fourth-order valence-corrected chi connectivity index (χ4v) is 4.63. The van der Waals surface area contributed by atoms with E-state index in [1.165, 1.54) is 24.8 Å². The standard InChI is InChI=1S/C14H19NOS/c16-17(9-11-4-2-1-3-5-11)10-14-12-6-7-13(8-12)15-14/h1-5,12-15H,6-10H2/t12-,13+,14+,17-/m1/s1. The molecule has 4 atom stereocenters. The van der Waals surface area contributed by atoms with Crippen LogP contribution in [-0.2, 0) is 16.6 Å². The van der Waals surface area contributed by atoms with Crippen molar-refractivity contribution in [3.05, 3.63) is 35.9 Å². The van der Waals surface area contributed by atoms with E-state index < -0.39 is 10.8 Å². The quantitative estimate of drug-likeness (QED) is 0.885. The van der Waals surface area contributed by atoms with E-state index in [0.29, 0.717) is 11.8 Å². The van der Waals surface area contributed by atoms with Crippen LogP contribution < -0.4 is 5.32 Å². The second kappa shape index (κ2) is 4.91. The first kappa shape index (κ1) is 11.4. The summed E-state index contributed by atoms with van der Waals surface area (Å²) < 4.78 is 12.1. The molecule has 3 heteroatoms. The Hall–Kier alpha value is -0.670. The molecule has 17 heavy (non-hydrogen) atoms. The molecular formula is C14H19NOS. The highest BCUT2D eigenvalue weighted by molar-refractivity contribution is 7.84. The molecule has 1 aliphatic carbocycles. The Morgan fingerprint density at radius 1 is 1.24 bits per heavy atom. The zero-order chi connectivity index (χ0) is 11.7. The van der Waals surface area contributed by atoms with Crippen molar-refractivity contribution in [3.8, 4) is 0 Å². The van der Waals surface area contributed by atoms with Crippen LogP contribution in [0.3, 0.4) is 0 Å². The van der Waals surface area contributed by atoms with Gasteiger partial charge < -0.3 is 5.32 Å². The summed E-state index contributed by atoms with van der Waals surface area (Å²) in [5.41, 5.74) is 1.19. The number of benzene rings is 1. The number of rotatable bonds is 4. The molecule has 1 aromatic carbocycles. The van der Waals surface area contributed by atoms with Gasteiger partial charge in [-0.2, -0.15) is 0 Å². The summed E-state index contributed by atoms with van der Waals surface area (Å²) in [5, 5.41) is 3.61. The number of nitrogens with one attached hydrogen (secondary N) is 1. The Morgan fingerprint density at radius 2 is 2.06 bits per heavy atom. The highest BCUT2D eigenvalue weighted by atomic mass is 32.2. The summed E-state index contributed by atoms with van der Waals surface area (Å²) in [4.78, 5) is 0. The van der Waals surface area contributed by atoms with E-state index in [-0.39, 0.29) is 0 Å². The lowest BCUT2D eigenvalue weighted by Crippen LogP contribution is -2.39. The molecule has 1 saturated heterocycles. The molecule has 1 saturated carbocycles. The zero-order valence-electron chi connectivity index (χ0n) is 9.97. The predicted molar refractivity (Wildman–Crippen MR) is 71.2 cm³/mol. The molecule has 2 bridgehead atoms. The molecule has 2 nitrogen and oxygen atoms in total. The van der Waals surface area contributed by atoms with Crippen molar-refractivity contribution >= 4 is 10.8 Å². The van der Waals surface area contributed by atoms with Gasteiger partial charge in [-0.3, -0.25) is 4.21 Å². The molecule has 1 aromatic rings. The van der Waals surface area contributed by atoms with E-state index in [0.717, 1.165) is 17.7 Å². The summed E-state index contributed by atoms with van der Waals surface area (Å²) in [6, 6.07) is 11.4. The SMILES string of the molecule is O=[S@](Cc1ccccc1)C[C@@H]1N[C@H]2CC[C@@H]1C2. The zero-order valence-corrected chi connectivity index (χ0v) is 10.8. The third-order valence-electron chi connectivity index (χ3n) is 4.03. The summed E-state index contributed by atoms with van der Waals surface area (Å²) in [7, 11) is -0.725. The van der Waals surface area contributed by atoms with Gasteiger partial charge in [-0.05, 0) is 30.7 Å². The first-order valence-electron chi connectivity index (χ1n) is 6.46. The molecule has 2 fully saturated rings. The number of hydrogen-bond donors (Lipinski definition) is 1. The minimum atomic E-state index is -0.725. The van der Waals surface area contributed by atoms with Gasteiger partial charge in [-0.15, -0.1) is 0 Å². The first-order valence-corrected chi connectivity index (χ1v) is 7.95. The van der Waals surface area contributed by atoms with Gasteiger partial charge in [0.25, 0.3) is 0 Å². The topological polar surface area (TPSA) is 29.1 Å². The number of piperidine rings is 1. The Bertz CT molecular complexity index is 406. The van der Waals surface area contributed by atoms with Crippen LogP contribution in [0.1, 0.15) is 24.8 Å². The molecule has 92 valence electrons. The predicted octanol–water partition coefficient (Wildman–Crippen LogP) is 2.08. The summed E-state index contributed by atoms with van der Waals surface area (Å²) in [5.74, 6) is 2.33. The van der Waals surface area contributed by atoms with E-state index in [4.69, 9.17) is 0 Å². The lowest BCUT2D eigenvalue weighted by molar-refractivity contribution is 0.408. The van der Waals surface area contributed by atoms with Gasteiger partial charge in [-0.1, -0.05) is 30.3 Å². The minimum Gasteiger partial charge on any atom is -0.310 e. The maximum Gasteiger partial charge on any atom is 0.0486 e. The summed E-state index contributed by atoms with van der Waals surface area (Å²) in [6.45, 7) is 0. The smallest absolute Gasteiger partial charge is 0.0486 e. The van der Waals surface area contributed by atoms with Gasteiger partial charge in [0.15, 0.2) is 0 Å². The third-order valence-corrected chi connectivity index (χ3v) is 5.41. The highest BCUT2D eigenvalue weighted by Gasteiger charge is 2.39. The van der Waals surface area contributed by atoms with Crippen molar-refractivity contribution in [1.29, 1.82) is 0 Å². The van der Waals surface area contributed by atoms with Crippen LogP contribution in [-0.4, -0.2) is 22.0 Å². The Balaban J connectivity index is 1.54. The van der Waals surface area contributed by atoms with Crippen molar-refractivity contribution in [2.75, 3.05) is 5.75 Å². The Kier molecular flexibility index (Phi) is 3.30. The molecule has 0 radical (unpaired) electrons. The van der Waals surface area contributed by atoms with Crippen LogP contribution in [0.2, 0.25) is 0 Å². The maximum atomic E-state index is 12.1. The normalized spacial score (nSPS) is 32.8. The van der Waals surface area contributed by atoms with Gasteiger partial charge in [0.2, 0.25) is 0 Å². The number of fused-ring (bicyclic) bond motifs is 2. The second-order valence-corrected chi connectivity index (χ2v) is 6.78. The Morgan fingerprint density at radius 3 is 2.71 bits per heavy atom. The van der Waals surface area contributed by atoms with Crippen LogP contribution in [0.5, 0.6) is 0 Å². The van der Waals surface area contributed by atoms with Crippen LogP contribution in [0.25, 0.3) is 0 Å². The van der Waals surface area contributed by atoms with Crippen molar-refractivity contribution in [3.63, 3.8) is 0 Å². The lowest BCUT2D eigenvalue weighted by Gasteiger charge is -2.22. The van der Waals surface area contributed by atoms with E-state index in [1.807, 2.05) is 18.2 Å². The van der Waals surface area contributed by atoms with E-state index in [9.17, 15) is 4.21 Å². The van der Waals surface area contributed by atoms with E-state index in [1.54, 1.807) is 0 Å². The number of hydrogen-bond acceptors (Lipinski definition) is 2. The van der Waals surface area contributed by atoms with Crippen LogP contribution >= 0.6 is 0 Å². The van der Waals surface area contributed by atoms with Crippen molar-refractivity contribution in [2.24, 2.45) is 5.92 Å². The van der Waals surface area contributed by atoms with Crippen molar-refractivity contribution in [2.45, 2.75) is 37.1 Å². The van der Waals surface area contributed by atoms with Gasteiger partial charge in [0.05, 0.1) is 0 Å². The van der Waals surface area contributed by atoms with Crippen LogP contribution in [0, 0.1) is 5.92 Å². The molecule has 2 aliphatic rings.